The molecule has 2 heterocycles. The number of nitrogens with zero attached hydrogens (tertiary/aromatic N) is 2. The molecule has 1 saturated carbocycles. The molecule has 3 rings (SSSR count). The van der Waals surface area contributed by atoms with Crippen LogP contribution < -0.4 is 4.74 Å². The standard InChI is InChI=1S/C15H20N2O3/c1-4-17-14(13(19-3)8-16-17)15(18)12-6-5-11(20-12)10-7-9(10)2/h5-6,8-10,15,18H,4,7H2,1-3H3. The van der Waals surface area contributed by atoms with Gasteiger partial charge in [0.2, 0.25) is 0 Å². The zero-order chi connectivity index (χ0) is 14.3. The molecule has 3 atom stereocenters. The highest BCUT2D eigenvalue weighted by Gasteiger charge is 2.37. The maximum Gasteiger partial charge on any atom is 0.163 e. The number of furan rings is 1. The molecule has 1 fully saturated rings. The predicted molar refractivity (Wildman–Crippen MR) is 73.7 cm³/mol. The first kappa shape index (κ1) is 13.2. The number of hydrogen-bond acceptors (Lipinski definition) is 4. The van der Waals surface area contributed by atoms with Gasteiger partial charge in [0.25, 0.3) is 0 Å². The zero-order valence-corrected chi connectivity index (χ0v) is 12.0. The summed E-state index contributed by atoms with van der Waals surface area (Å²) >= 11 is 0. The number of aliphatic hydroxyl groups is 1. The van der Waals surface area contributed by atoms with Gasteiger partial charge in [0.1, 0.15) is 17.2 Å². The van der Waals surface area contributed by atoms with Crippen LogP contribution in [0.25, 0.3) is 0 Å². The van der Waals surface area contributed by atoms with Crippen molar-refractivity contribution in [1.29, 1.82) is 0 Å². The Bertz CT molecular complexity index is 581. The minimum Gasteiger partial charge on any atom is -0.493 e. The van der Waals surface area contributed by atoms with E-state index in [2.05, 4.69) is 12.0 Å². The summed E-state index contributed by atoms with van der Waals surface area (Å²) in [4.78, 5) is 0. The maximum atomic E-state index is 10.6. The zero-order valence-electron chi connectivity index (χ0n) is 12.0. The second-order valence-corrected chi connectivity index (χ2v) is 5.38. The van der Waals surface area contributed by atoms with Gasteiger partial charge in [0.05, 0.1) is 13.3 Å². The molecule has 108 valence electrons. The van der Waals surface area contributed by atoms with Gasteiger partial charge < -0.3 is 14.3 Å². The molecule has 0 spiro atoms. The van der Waals surface area contributed by atoms with Crippen molar-refractivity contribution >= 4 is 0 Å². The van der Waals surface area contributed by atoms with Crippen molar-refractivity contribution in [2.75, 3.05) is 7.11 Å². The molecule has 0 amide bonds. The number of methoxy groups -OCH3 is 1. The Balaban J connectivity index is 1.90. The Morgan fingerprint density at radius 1 is 1.55 bits per heavy atom. The minimum atomic E-state index is -0.852. The molecule has 2 aromatic rings. The van der Waals surface area contributed by atoms with Crippen molar-refractivity contribution < 1.29 is 14.3 Å². The summed E-state index contributed by atoms with van der Waals surface area (Å²) in [5.41, 5.74) is 0.639. The predicted octanol–water partition coefficient (Wildman–Crippen LogP) is 2.71. The second-order valence-electron chi connectivity index (χ2n) is 5.38. The summed E-state index contributed by atoms with van der Waals surface area (Å²) in [5, 5.41) is 14.8. The van der Waals surface area contributed by atoms with Crippen LogP contribution in [0, 0.1) is 5.92 Å². The smallest absolute Gasteiger partial charge is 0.163 e. The molecule has 0 saturated heterocycles. The van der Waals surface area contributed by atoms with E-state index < -0.39 is 6.10 Å². The van der Waals surface area contributed by atoms with Crippen molar-refractivity contribution in [3.8, 4) is 5.75 Å². The number of aliphatic hydroxyl groups excluding tert-OH is 1. The van der Waals surface area contributed by atoms with Gasteiger partial charge in [-0.1, -0.05) is 6.92 Å². The van der Waals surface area contributed by atoms with Gasteiger partial charge in [-0.15, -0.1) is 0 Å². The quantitative estimate of drug-likeness (QED) is 0.912. The van der Waals surface area contributed by atoms with Crippen molar-refractivity contribution in [2.45, 2.75) is 38.8 Å². The van der Waals surface area contributed by atoms with Gasteiger partial charge in [-0.25, -0.2) is 0 Å². The molecule has 0 bridgehead atoms. The Morgan fingerprint density at radius 3 is 2.90 bits per heavy atom. The Hall–Kier alpha value is -1.75. The van der Waals surface area contributed by atoms with Crippen LogP contribution in [0.1, 0.15) is 49.5 Å². The van der Waals surface area contributed by atoms with E-state index in [4.69, 9.17) is 9.15 Å². The van der Waals surface area contributed by atoms with Crippen LogP contribution in [-0.2, 0) is 6.54 Å². The summed E-state index contributed by atoms with van der Waals surface area (Å²) in [6.07, 6.45) is 1.93. The van der Waals surface area contributed by atoms with Crippen LogP contribution in [-0.4, -0.2) is 22.0 Å². The highest BCUT2D eigenvalue weighted by Crippen LogP contribution is 2.48. The summed E-state index contributed by atoms with van der Waals surface area (Å²) in [5.74, 6) is 3.29. The number of ether oxygens (including phenoxy) is 1. The molecule has 5 heteroatoms. The normalized spacial score (nSPS) is 22.8. The SMILES string of the molecule is CCn1ncc(OC)c1C(O)c1ccc(C2CC2C)o1. The Morgan fingerprint density at radius 2 is 2.30 bits per heavy atom. The van der Waals surface area contributed by atoms with Crippen molar-refractivity contribution in [3.63, 3.8) is 0 Å². The molecular formula is C15H20N2O3. The number of aryl methyl sites for hydroxylation is 1. The molecule has 1 N–H and O–H groups in total. The van der Waals surface area contributed by atoms with Crippen molar-refractivity contribution in [1.82, 2.24) is 9.78 Å². The van der Waals surface area contributed by atoms with Gasteiger partial charge in [-0.05, 0) is 31.4 Å². The molecule has 3 unspecified atom stereocenters. The Labute approximate surface area is 118 Å². The molecule has 0 aliphatic heterocycles. The van der Waals surface area contributed by atoms with E-state index in [1.165, 1.54) is 6.42 Å². The fourth-order valence-corrected chi connectivity index (χ4v) is 2.63. The van der Waals surface area contributed by atoms with Gasteiger partial charge in [-0.3, -0.25) is 4.68 Å². The van der Waals surface area contributed by atoms with E-state index in [-0.39, 0.29) is 0 Å². The van der Waals surface area contributed by atoms with E-state index >= 15 is 0 Å². The van der Waals surface area contributed by atoms with Gasteiger partial charge in [0.15, 0.2) is 11.9 Å². The molecule has 1 aliphatic rings. The first-order valence-electron chi connectivity index (χ1n) is 7.03. The largest absolute Gasteiger partial charge is 0.493 e. The van der Waals surface area contributed by atoms with E-state index in [0.29, 0.717) is 35.6 Å². The average molecular weight is 276 g/mol. The maximum absolute atomic E-state index is 10.6. The van der Waals surface area contributed by atoms with Crippen molar-refractivity contribution in [2.24, 2.45) is 5.92 Å². The van der Waals surface area contributed by atoms with Crippen molar-refractivity contribution in [3.05, 3.63) is 35.5 Å². The monoisotopic (exact) mass is 276 g/mol. The fraction of sp³-hybridized carbons (Fsp3) is 0.533. The lowest BCUT2D eigenvalue weighted by atomic mass is 10.2. The van der Waals surface area contributed by atoms with Crippen LogP contribution in [0.3, 0.4) is 0 Å². The summed E-state index contributed by atoms with van der Waals surface area (Å²) in [6.45, 7) is 4.85. The number of rotatable bonds is 5. The van der Waals surface area contributed by atoms with Crippen LogP contribution in [0.5, 0.6) is 5.75 Å². The highest BCUT2D eigenvalue weighted by atomic mass is 16.5. The van der Waals surface area contributed by atoms with Crippen LogP contribution >= 0.6 is 0 Å². The summed E-state index contributed by atoms with van der Waals surface area (Å²) < 4.78 is 12.8. The summed E-state index contributed by atoms with van der Waals surface area (Å²) in [6, 6.07) is 3.81. The molecule has 2 aromatic heterocycles. The van der Waals surface area contributed by atoms with E-state index in [0.717, 1.165) is 5.76 Å². The van der Waals surface area contributed by atoms with Gasteiger partial charge >= 0.3 is 0 Å². The lowest BCUT2D eigenvalue weighted by Crippen LogP contribution is -2.09. The molecular weight excluding hydrogens is 256 g/mol. The highest BCUT2D eigenvalue weighted by molar-refractivity contribution is 5.32. The lowest BCUT2D eigenvalue weighted by molar-refractivity contribution is 0.172. The molecule has 5 nitrogen and oxygen atoms in total. The molecule has 0 radical (unpaired) electrons. The van der Waals surface area contributed by atoms with Crippen LogP contribution in [0.15, 0.2) is 22.7 Å². The molecule has 1 aliphatic carbocycles. The second kappa shape index (κ2) is 4.98. The number of aromatic nitrogens is 2. The third-order valence-electron chi connectivity index (χ3n) is 4.02. The van der Waals surface area contributed by atoms with Crippen LogP contribution in [0.4, 0.5) is 0 Å². The van der Waals surface area contributed by atoms with E-state index in [9.17, 15) is 5.11 Å². The van der Waals surface area contributed by atoms with Gasteiger partial charge in [-0.2, -0.15) is 5.10 Å². The fourth-order valence-electron chi connectivity index (χ4n) is 2.63. The van der Waals surface area contributed by atoms with Gasteiger partial charge in [0, 0.05) is 12.5 Å². The Kier molecular flexibility index (Phi) is 3.30. The minimum absolute atomic E-state index is 0.508. The lowest BCUT2D eigenvalue weighted by Gasteiger charge is -2.12. The third kappa shape index (κ3) is 2.12. The van der Waals surface area contributed by atoms with E-state index in [1.54, 1.807) is 18.0 Å². The number of hydrogen-bond donors (Lipinski definition) is 1. The first-order valence-corrected chi connectivity index (χ1v) is 7.03. The topological polar surface area (TPSA) is 60.4 Å². The molecule has 20 heavy (non-hydrogen) atoms. The molecule has 0 aromatic carbocycles. The average Bonchev–Trinajstić information content (AvgIpc) is 2.92. The first-order chi connectivity index (χ1) is 9.65. The van der Waals surface area contributed by atoms with E-state index in [1.807, 2.05) is 19.1 Å². The van der Waals surface area contributed by atoms with Crippen LogP contribution in [0.2, 0.25) is 0 Å². The summed E-state index contributed by atoms with van der Waals surface area (Å²) in [7, 11) is 1.58. The third-order valence-corrected chi connectivity index (χ3v) is 4.02.